The van der Waals surface area contributed by atoms with Gasteiger partial charge in [0, 0.05) is 10.7 Å². The number of carbonyl (C=O) groups excluding carboxylic acids is 2. The van der Waals surface area contributed by atoms with E-state index in [0.29, 0.717) is 32.7 Å². The Labute approximate surface area is 189 Å². The molecule has 0 bridgehead atoms. The molecule has 7 heteroatoms. The smallest absolute Gasteiger partial charge is 0.282 e. The van der Waals surface area contributed by atoms with Gasteiger partial charge in [-0.05, 0) is 48.9 Å². The number of carbonyl (C=O) groups is 2. The molecule has 0 saturated heterocycles. The standard InChI is InChI=1S/C24H18Cl2N2O3/c1-14-6-8-15(9-7-14)21-22(27-17-10-11-20(31-2)19(26)13-17)24(30)28(23(21)29)18-5-3-4-16(25)12-18/h3-13,27H,1-2H3. The van der Waals surface area contributed by atoms with Gasteiger partial charge >= 0.3 is 0 Å². The minimum absolute atomic E-state index is 0.162. The van der Waals surface area contributed by atoms with E-state index in [-0.39, 0.29) is 11.3 Å². The molecule has 1 N–H and O–H groups in total. The minimum atomic E-state index is -0.477. The highest BCUT2D eigenvalue weighted by atomic mass is 35.5. The van der Waals surface area contributed by atoms with Crippen molar-refractivity contribution in [2.45, 2.75) is 6.92 Å². The molecule has 156 valence electrons. The van der Waals surface area contributed by atoms with Crippen molar-refractivity contribution in [2.75, 3.05) is 17.3 Å². The van der Waals surface area contributed by atoms with Crippen LogP contribution in [0.4, 0.5) is 11.4 Å². The monoisotopic (exact) mass is 452 g/mol. The van der Waals surface area contributed by atoms with Crippen LogP contribution in [0.2, 0.25) is 10.0 Å². The number of nitrogens with zero attached hydrogens (tertiary/aromatic N) is 1. The van der Waals surface area contributed by atoms with Crippen LogP contribution in [0.15, 0.2) is 72.4 Å². The molecule has 0 atom stereocenters. The van der Waals surface area contributed by atoms with E-state index in [2.05, 4.69) is 5.32 Å². The number of rotatable bonds is 5. The van der Waals surface area contributed by atoms with E-state index in [4.69, 9.17) is 27.9 Å². The highest BCUT2D eigenvalue weighted by molar-refractivity contribution is 6.46. The molecule has 31 heavy (non-hydrogen) atoms. The molecule has 1 aliphatic rings. The van der Waals surface area contributed by atoms with E-state index in [1.807, 2.05) is 31.2 Å². The number of amides is 2. The largest absolute Gasteiger partial charge is 0.495 e. The summed E-state index contributed by atoms with van der Waals surface area (Å²) in [6, 6.07) is 19.1. The van der Waals surface area contributed by atoms with Gasteiger partial charge < -0.3 is 10.1 Å². The molecule has 1 aliphatic heterocycles. The van der Waals surface area contributed by atoms with Crippen LogP contribution in [0.1, 0.15) is 11.1 Å². The molecule has 0 aromatic heterocycles. The van der Waals surface area contributed by atoms with Crippen LogP contribution in [0.3, 0.4) is 0 Å². The fourth-order valence-electron chi connectivity index (χ4n) is 3.37. The van der Waals surface area contributed by atoms with E-state index in [1.165, 1.54) is 7.11 Å². The molecular weight excluding hydrogens is 435 g/mol. The van der Waals surface area contributed by atoms with Crippen molar-refractivity contribution < 1.29 is 14.3 Å². The second-order valence-electron chi connectivity index (χ2n) is 7.02. The van der Waals surface area contributed by atoms with E-state index < -0.39 is 11.8 Å². The molecule has 0 spiro atoms. The first-order chi connectivity index (χ1) is 14.9. The molecule has 5 nitrogen and oxygen atoms in total. The van der Waals surface area contributed by atoms with Crippen LogP contribution in [0.25, 0.3) is 5.57 Å². The van der Waals surface area contributed by atoms with Crippen LogP contribution in [0, 0.1) is 6.92 Å². The molecule has 1 heterocycles. The lowest BCUT2D eigenvalue weighted by atomic mass is 10.0. The van der Waals surface area contributed by atoms with Gasteiger partial charge in [0.05, 0.1) is 23.4 Å². The predicted molar refractivity (Wildman–Crippen MR) is 124 cm³/mol. The van der Waals surface area contributed by atoms with Gasteiger partial charge in [0.15, 0.2) is 0 Å². The highest BCUT2D eigenvalue weighted by Crippen LogP contribution is 2.35. The molecular formula is C24H18Cl2N2O3. The first-order valence-corrected chi connectivity index (χ1v) is 10.2. The van der Waals surface area contributed by atoms with Crippen molar-refractivity contribution in [3.8, 4) is 5.75 Å². The second kappa shape index (κ2) is 8.46. The number of halogens is 2. The Kier molecular flexibility index (Phi) is 5.72. The summed E-state index contributed by atoms with van der Waals surface area (Å²) >= 11 is 12.3. The Bertz CT molecular complexity index is 1220. The average Bonchev–Trinajstić information content (AvgIpc) is 2.98. The van der Waals surface area contributed by atoms with Crippen LogP contribution in [-0.4, -0.2) is 18.9 Å². The van der Waals surface area contributed by atoms with Gasteiger partial charge in [-0.2, -0.15) is 0 Å². The molecule has 4 rings (SSSR count). The number of anilines is 2. The number of nitrogens with one attached hydrogen (secondary N) is 1. The van der Waals surface area contributed by atoms with Crippen LogP contribution < -0.4 is 15.0 Å². The summed E-state index contributed by atoms with van der Waals surface area (Å²) in [5.41, 5.74) is 3.07. The van der Waals surface area contributed by atoms with E-state index in [0.717, 1.165) is 10.5 Å². The fourth-order valence-corrected chi connectivity index (χ4v) is 3.81. The van der Waals surface area contributed by atoms with Crippen molar-refractivity contribution in [1.29, 1.82) is 0 Å². The number of imide groups is 1. The molecule has 0 radical (unpaired) electrons. The number of hydrogen-bond acceptors (Lipinski definition) is 4. The SMILES string of the molecule is COc1ccc(NC2=C(c3ccc(C)cc3)C(=O)N(c3cccc(Cl)c3)C2=O)cc1Cl. The molecule has 0 unspecified atom stereocenters. The lowest BCUT2D eigenvalue weighted by Crippen LogP contribution is -2.32. The number of ether oxygens (including phenoxy) is 1. The van der Waals surface area contributed by atoms with Gasteiger partial charge in [0.2, 0.25) is 0 Å². The first kappa shape index (κ1) is 21.0. The number of benzene rings is 3. The predicted octanol–water partition coefficient (Wildman–Crippen LogP) is 5.71. The van der Waals surface area contributed by atoms with E-state index in [1.54, 1.807) is 42.5 Å². The van der Waals surface area contributed by atoms with E-state index in [9.17, 15) is 9.59 Å². The van der Waals surface area contributed by atoms with Crippen molar-refractivity contribution >= 4 is 52.0 Å². The number of methoxy groups -OCH3 is 1. The van der Waals surface area contributed by atoms with Gasteiger partial charge in [0.25, 0.3) is 11.8 Å². The lowest BCUT2D eigenvalue weighted by molar-refractivity contribution is -0.120. The van der Waals surface area contributed by atoms with Gasteiger partial charge in [-0.3, -0.25) is 9.59 Å². The Morgan fingerprint density at radius 1 is 0.903 bits per heavy atom. The third-order valence-electron chi connectivity index (χ3n) is 4.91. The lowest BCUT2D eigenvalue weighted by Gasteiger charge is -2.15. The molecule has 3 aromatic carbocycles. The summed E-state index contributed by atoms with van der Waals surface area (Å²) in [6.45, 7) is 1.95. The van der Waals surface area contributed by atoms with E-state index >= 15 is 0 Å². The number of hydrogen-bond donors (Lipinski definition) is 1. The molecule has 0 aliphatic carbocycles. The highest BCUT2D eigenvalue weighted by Gasteiger charge is 2.40. The Balaban J connectivity index is 1.81. The normalized spacial score (nSPS) is 13.7. The summed E-state index contributed by atoms with van der Waals surface area (Å²) in [5, 5.41) is 3.90. The third-order valence-corrected chi connectivity index (χ3v) is 5.44. The van der Waals surface area contributed by atoms with Crippen molar-refractivity contribution in [3.63, 3.8) is 0 Å². The van der Waals surface area contributed by atoms with Gasteiger partial charge in [-0.1, -0.05) is 59.1 Å². The molecule has 2 amide bonds. The van der Waals surface area contributed by atoms with Gasteiger partial charge in [0.1, 0.15) is 11.4 Å². The minimum Gasteiger partial charge on any atom is -0.495 e. The summed E-state index contributed by atoms with van der Waals surface area (Å²) in [6.07, 6.45) is 0. The van der Waals surface area contributed by atoms with Crippen LogP contribution in [0.5, 0.6) is 5.75 Å². The van der Waals surface area contributed by atoms with Crippen molar-refractivity contribution in [2.24, 2.45) is 0 Å². The van der Waals surface area contributed by atoms with Crippen LogP contribution in [-0.2, 0) is 9.59 Å². The fraction of sp³-hybridized carbons (Fsp3) is 0.0833. The maximum Gasteiger partial charge on any atom is 0.282 e. The summed E-state index contributed by atoms with van der Waals surface area (Å²) < 4.78 is 5.18. The molecule has 0 fully saturated rings. The average molecular weight is 453 g/mol. The van der Waals surface area contributed by atoms with Crippen molar-refractivity contribution in [1.82, 2.24) is 0 Å². The topological polar surface area (TPSA) is 58.6 Å². The zero-order valence-corrected chi connectivity index (χ0v) is 18.3. The third kappa shape index (κ3) is 4.02. The Morgan fingerprint density at radius 2 is 1.65 bits per heavy atom. The molecule has 3 aromatic rings. The summed E-state index contributed by atoms with van der Waals surface area (Å²) in [4.78, 5) is 27.9. The Morgan fingerprint density at radius 3 is 2.29 bits per heavy atom. The first-order valence-electron chi connectivity index (χ1n) is 9.45. The number of aryl methyl sites for hydroxylation is 1. The maximum atomic E-state index is 13.4. The van der Waals surface area contributed by atoms with Gasteiger partial charge in [-0.25, -0.2) is 4.90 Å². The zero-order chi connectivity index (χ0) is 22.1. The molecule has 0 saturated carbocycles. The van der Waals surface area contributed by atoms with Crippen LogP contribution >= 0.6 is 23.2 Å². The summed E-state index contributed by atoms with van der Waals surface area (Å²) in [5.74, 6) is -0.401. The Hall–Kier alpha value is -3.28. The summed E-state index contributed by atoms with van der Waals surface area (Å²) in [7, 11) is 1.52. The quantitative estimate of drug-likeness (QED) is 0.503. The second-order valence-corrected chi connectivity index (χ2v) is 7.86. The zero-order valence-electron chi connectivity index (χ0n) is 16.8. The maximum absolute atomic E-state index is 13.4. The van der Waals surface area contributed by atoms with Gasteiger partial charge in [-0.15, -0.1) is 0 Å². The van der Waals surface area contributed by atoms with Crippen molar-refractivity contribution in [3.05, 3.63) is 93.6 Å².